The quantitative estimate of drug-likeness (QED) is 0.672. The Hall–Kier alpha value is -2.08. The molecule has 4 rings (SSSR count). The van der Waals surface area contributed by atoms with E-state index in [0.717, 1.165) is 28.4 Å². The second-order valence-corrected chi connectivity index (χ2v) is 7.41. The lowest BCUT2D eigenvalue weighted by molar-refractivity contribution is -0.141. The Morgan fingerprint density at radius 3 is 3.00 bits per heavy atom. The van der Waals surface area contributed by atoms with Gasteiger partial charge in [0, 0.05) is 27.6 Å². The minimum atomic E-state index is -0.312. The molecule has 1 unspecified atom stereocenters. The Bertz CT molecular complexity index is 867. The van der Waals surface area contributed by atoms with Gasteiger partial charge in [-0.15, -0.1) is 0 Å². The van der Waals surface area contributed by atoms with Gasteiger partial charge >= 0.3 is 5.97 Å². The van der Waals surface area contributed by atoms with Gasteiger partial charge in [-0.25, -0.2) is 4.39 Å². The standard InChI is InChI=1S/C20H18BrFO4/c1-24-19(23)8-11-10-25-18-9-12(2-3-13(11)18)26-17-7-4-14-15(21)5-6-16(22)20(14)17/h2-3,5-6,9,11,17H,4,7-8,10H2,1H3/t11-,17?/m0/s1. The average Bonchev–Trinajstić information content (AvgIpc) is 3.23. The topological polar surface area (TPSA) is 44.8 Å². The number of carbonyl (C=O) groups excluding carboxylic acids is 1. The van der Waals surface area contributed by atoms with Gasteiger partial charge in [-0.3, -0.25) is 4.79 Å². The van der Waals surface area contributed by atoms with Crippen molar-refractivity contribution in [2.75, 3.05) is 13.7 Å². The van der Waals surface area contributed by atoms with Crippen LogP contribution in [0.5, 0.6) is 11.5 Å². The molecule has 0 fully saturated rings. The van der Waals surface area contributed by atoms with Crippen LogP contribution in [0.1, 0.15) is 41.6 Å². The van der Waals surface area contributed by atoms with Crippen LogP contribution in [0, 0.1) is 5.82 Å². The monoisotopic (exact) mass is 420 g/mol. The van der Waals surface area contributed by atoms with E-state index in [1.165, 1.54) is 13.2 Å². The molecule has 0 saturated heterocycles. The molecule has 2 aliphatic rings. The largest absolute Gasteiger partial charge is 0.492 e. The third kappa shape index (κ3) is 3.07. The van der Waals surface area contributed by atoms with Gasteiger partial charge in [0.1, 0.15) is 23.4 Å². The molecule has 1 aliphatic carbocycles. The molecule has 0 saturated carbocycles. The van der Waals surface area contributed by atoms with Crippen LogP contribution in [0.3, 0.4) is 0 Å². The maximum absolute atomic E-state index is 14.3. The van der Waals surface area contributed by atoms with Crippen molar-refractivity contribution in [3.63, 3.8) is 0 Å². The molecule has 2 atom stereocenters. The first-order chi connectivity index (χ1) is 12.6. The number of fused-ring (bicyclic) bond motifs is 2. The lowest BCUT2D eigenvalue weighted by atomic mass is 9.98. The van der Waals surface area contributed by atoms with E-state index in [9.17, 15) is 9.18 Å². The Morgan fingerprint density at radius 1 is 1.35 bits per heavy atom. The molecule has 2 aromatic rings. The molecule has 4 nitrogen and oxygen atoms in total. The third-order valence-electron chi connectivity index (χ3n) is 5.01. The van der Waals surface area contributed by atoms with Gasteiger partial charge in [-0.05, 0) is 36.6 Å². The third-order valence-corrected chi connectivity index (χ3v) is 5.75. The van der Waals surface area contributed by atoms with E-state index in [4.69, 9.17) is 14.2 Å². The van der Waals surface area contributed by atoms with E-state index in [0.29, 0.717) is 30.1 Å². The molecule has 0 bridgehead atoms. The van der Waals surface area contributed by atoms with Crippen molar-refractivity contribution in [2.45, 2.75) is 31.3 Å². The van der Waals surface area contributed by atoms with E-state index in [1.54, 1.807) is 6.07 Å². The number of benzene rings is 2. The van der Waals surface area contributed by atoms with Crippen molar-refractivity contribution in [1.29, 1.82) is 0 Å². The zero-order chi connectivity index (χ0) is 18.3. The maximum atomic E-state index is 14.3. The number of ether oxygens (including phenoxy) is 3. The number of methoxy groups -OCH3 is 1. The number of halogens is 2. The summed E-state index contributed by atoms with van der Waals surface area (Å²) in [4.78, 5) is 11.5. The minimum Gasteiger partial charge on any atom is -0.492 e. The fourth-order valence-electron chi connectivity index (χ4n) is 3.70. The van der Waals surface area contributed by atoms with Crippen LogP contribution in [-0.4, -0.2) is 19.7 Å². The molecule has 0 radical (unpaired) electrons. The first kappa shape index (κ1) is 17.3. The molecule has 0 amide bonds. The highest BCUT2D eigenvalue weighted by Gasteiger charge is 2.31. The predicted octanol–water partition coefficient (Wildman–Crippen LogP) is 4.69. The van der Waals surface area contributed by atoms with E-state index < -0.39 is 0 Å². The lowest BCUT2D eigenvalue weighted by Crippen LogP contribution is -2.09. The van der Waals surface area contributed by atoms with Gasteiger partial charge in [0.15, 0.2) is 0 Å². The van der Waals surface area contributed by atoms with Gasteiger partial charge in [-0.1, -0.05) is 22.0 Å². The smallest absolute Gasteiger partial charge is 0.306 e. The SMILES string of the molecule is COC(=O)C[C@H]1COc2cc(OC3CCc4c(Br)ccc(F)c43)ccc21. The van der Waals surface area contributed by atoms with Gasteiger partial charge in [0.25, 0.3) is 0 Å². The summed E-state index contributed by atoms with van der Waals surface area (Å²) in [6.45, 7) is 0.446. The number of rotatable bonds is 4. The van der Waals surface area contributed by atoms with Gasteiger partial charge in [0.05, 0.1) is 20.1 Å². The summed E-state index contributed by atoms with van der Waals surface area (Å²) < 4.78 is 31.7. The van der Waals surface area contributed by atoms with Crippen molar-refractivity contribution in [1.82, 2.24) is 0 Å². The number of hydrogen-bond acceptors (Lipinski definition) is 4. The molecule has 0 aromatic heterocycles. The van der Waals surface area contributed by atoms with Crippen LogP contribution >= 0.6 is 15.9 Å². The molecule has 2 aromatic carbocycles. The Balaban J connectivity index is 1.54. The second kappa shape index (κ2) is 6.91. The zero-order valence-corrected chi connectivity index (χ0v) is 15.8. The summed E-state index contributed by atoms with van der Waals surface area (Å²) >= 11 is 3.49. The van der Waals surface area contributed by atoms with Crippen molar-refractivity contribution < 1.29 is 23.4 Å². The van der Waals surface area contributed by atoms with Crippen LogP contribution in [0.4, 0.5) is 4.39 Å². The highest BCUT2D eigenvalue weighted by atomic mass is 79.9. The van der Waals surface area contributed by atoms with E-state index in [2.05, 4.69) is 15.9 Å². The fraction of sp³-hybridized carbons (Fsp3) is 0.350. The second-order valence-electron chi connectivity index (χ2n) is 6.55. The molecule has 136 valence electrons. The highest BCUT2D eigenvalue weighted by molar-refractivity contribution is 9.10. The fourth-order valence-corrected chi connectivity index (χ4v) is 4.24. The van der Waals surface area contributed by atoms with Gasteiger partial charge in [0.2, 0.25) is 0 Å². The Morgan fingerprint density at radius 2 is 2.19 bits per heavy atom. The lowest BCUT2D eigenvalue weighted by Gasteiger charge is -2.16. The molecular formula is C20H18BrFO4. The van der Waals surface area contributed by atoms with Crippen LogP contribution in [0.2, 0.25) is 0 Å². The summed E-state index contributed by atoms with van der Waals surface area (Å²) in [6, 6.07) is 8.79. The van der Waals surface area contributed by atoms with E-state index >= 15 is 0 Å². The number of esters is 1. The summed E-state index contributed by atoms with van der Waals surface area (Å²) in [5.41, 5.74) is 2.58. The molecule has 1 heterocycles. The Kier molecular flexibility index (Phi) is 4.61. The minimum absolute atomic E-state index is 0.00731. The van der Waals surface area contributed by atoms with Crippen molar-refractivity contribution in [3.8, 4) is 11.5 Å². The van der Waals surface area contributed by atoms with Crippen LogP contribution < -0.4 is 9.47 Å². The van der Waals surface area contributed by atoms with Crippen LogP contribution in [0.25, 0.3) is 0 Å². The highest BCUT2D eigenvalue weighted by Crippen LogP contribution is 2.43. The first-order valence-electron chi connectivity index (χ1n) is 8.54. The first-order valence-corrected chi connectivity index (χ1v) is 9.33. The normalized spacial score (nSPS) is 20.3. The summed E-state index contributed by atoms with van der Waals surface area (Å²) in [7, 11) is 1.38. The van der Waals surface area contributed by atoms with Crippen molar-refractivity contribution >= 4 is 21.9 Å². The van der Waals surface area contributed by atoms with Gasteiger partial charge in [-0.2, -0.15) is 0 Å². The molecule has 0 spiro atoms. The molecule has 26 heavy (non-hydrogen) atoms. The molecule has 0 N–H and O–H groups in total. The average molecular weight is 421 g/mol. The van der Waals surface area contributed by atoms with E-state index in [-0.39, 0.29) is 23.8 Å². The summed E-state index contributed by atoms with van der Waals surface area (Å²) in [5.74, 6) is 0.854. The predicted molar refractivity (Wildman–Crippen MR) is 97.1 cm³/mol. The molecule has 6 heteroatoms. The zero-order valence-electron chi connectivity index (χ0n) is 14.3. The van der Waals surface area contributed by atoms with Gasteiger partial charge < -0.3 is 14.2 Å². The Labute approximate surface area is 159 Å². The van der Waals surface area contributed by atoms with E-state index in [1.807, 2.05) is 18.2 Å². The molecule has 1 aliphatic heterocycles. The van der Waals surface area contributed by atoms with Crippen molar-refractivity contribution in [3.05, 3.63) is 57.3 Å². The maximum Gasteiger partial charge on any atom is 0.306 e. The molecular weight excluding hydrogens is 403 g/mol. The van der Waals surface area contributed by atoms with Crippen LogP contribution in [0.15, 0.2) is 34.8 Å². The summed E-state index contributed by atoms with van der Waals surface area (Å²) in [5, 5.41) is 0. The van der Waals surface area contributed by atoms with Crippen LogP contribution in [-0.2, 0) is 16.0 Å². The van der Waals surface area contributed by atoms with Crippen molar-refractivity contribution in [2.24, 2.45) is 0 Å². The number of hydrogen-bond donors (Lipinski definition) is 0. The summed E-state index contributed by atoms with van der Waals surface area (Å²) in [6.07, 6.45) is 1.49. The number of carbonyl (C=O) groups is 1.